The summed E-state index contributed by atoms with van der Waals surface area (Å²) >= 11 is 0. The predicted molar refractivity (Wildman–Crippen MR) is 50.7 cm³/mol. The van der Waals surface area contributed by atoms with Gasteiger partial charge in [-0.15, -0.1) is 0 Å². The van der Waals surface area contributed by atoms with Crippen molar-refractivity contribution in [1.82, 2.24) is 9.97 Å². The smallest absolute Gasteiger partial charge is 0.308 e. The second-order valence-corrected chi connectivity index (χ2v) is 3.13. The topological polar surface area (TPSA) is 89.1 Å². The summed E-state index contributed by atoms with van der Waals surface area (Å²) in [6, 6.07) is 0. The number of aromatic nitrogens is 2. The molecule has 0 spiro atoms. The first-order valence-electron chi connectivity index (χ1n) is 4.33. The number of nitrogens with two attached hydrogens (primary N) is 1. The zero-order valence-corrected chi connectivity index (χ0v) is 7.97. The lowest BCUT2D eigenvalue weighted by Crippen LogP contribution is -2.26. The number of aliphatic carboxylic acids is 1. The average molecular weight is 195 g/mol. The first-order valence-corrected chi connectivity index (χ1v) is 4.33. The van der Waals surface area contributed by atoms with Gasteiger partial charge in [0.25, 0.3) is 0 Å². The van der Waals surface area contributed by atoms with E-state index >= 15 is 0 Å². The van der Waals surface area contributed by atoms with Gasteiger partial charge in [-0.05, 0) is 12.5 Å². The van der Waals surface area contributed by atoms with Gasteiger partial charge in [0.1, 0.15) is 6.33 Å². The third-order valence-corrected chi connectivity index (χ3v) is 2.08. The minimum atomic E-state index is -0.884. The number of carboxylic acid groups (broad SMARTS) is 1. The van der Waals surface area contributed by atoms with Gasteiger partial charge in [0, 0.05) is 24.9 Å². The standard InChI is InChI=1S/C9H13N3O2/c1-6-4-11-5-12-8(6)2-7(3-10)9(13)14/h4-5,7H,2-3,10H2,1H3,(H,13,14). The van der Waals surface area contributed by atoms with Crippen LogP contribution in [0.2, 0.25) is 0 Å². The highest BCUT2D eigenvalue weighted by Crippen LogP contribution is 2.08. The molecule has 1 unspecified atom stereocenters. The Morgan fingerprint density at radius 3 is 2.93 bits per heavy atom. The van der Waals surface area contributed by atoms with Crippen molar-refractivity contribution in [3.63, 3.8) is 0 Å². The van der Waals surface area contributed by atoms with Crippen LogP contribution >= 0.6 is 0 Å². The Bertz CT molecular complexity index is 328. The van der Waals surface area contributed by atoms with Crippen LogP contribution in [0.1, 0.15) is 11.3 Å². The molecule has 0 fully saturated rings. The molecule has 76 valence electrons. The van der Waals surface area contributed by atoms with Crippen molar-refractivity contribution < 1.29 is 9.90 Å². The first-order chi connectivity index (χ1) is 6.65. The Morgan fingerprint density at radius 1 is 1.71 bits per heavy atom. The van der Waals surface area contributed by atoms with E-state index in [9.17, 15) is 4.79 Å². The number of hydrogen-bond acceptors (Lipinski definition) is 4. The molecule has 0 saturated heterocycles. The van der Waals surface area contributed by atoms with Crippen molar-refractivity contribution in [2.24, 2.45) is 11.7 Å². The Morgan fingerprint density at radius 2 is 2.43 bits per heavy atom. The van der Waals surface area contributed by atoms with Gasteiger partial charge in [0.05, 0.1) is 5.92 Å². The summed E-state index contributed by atoms with van der Waals surface area (Å²) in [4.78, 5) is 18.6. The van der Waals surface area contributed by atoms with Crippen LogP contribution in [0.5, 0.6) is 0 Å². The summed E-state index contributed by atoms with van der Waals surface area (Å²) in [7, 11) is 0. The van der Waals surface area contributed by atoms with E-state index in [1.54, 1.807) is 6.20 Å². The molecule has 5 heteroatoms. The quantitative estimate of drug-likeness (QED) is 0.705. The minimum Gasteiger partial charge on any atom is -0.481 e. The Labute approximate surface area is 82.0 Å². The van der Waals surface area contributed by atoms with E-state index in [2.05, 4.69) is 9.97 Å². The first kappa shape index (κ1) is 10.6. The van der Waals surface area contributed by atoms with Crippen LogP contribution in [0, 0.1) is 12.8 Å². The lowest BCUT2D eigenvalue weighted by molar-refractivity contribution is -0.141. The maximum atomic E-state index is 10.7. The van der Waals surface area contributed by atoms with Gasteiger partial charge >= 0.3 is 5.97 Å². The number of rotatable bonds is 4. The Kier molecular flexibility index (Phi) is 3.53. The monoisotopic (exact) mass is 195 g/mol. The molecule has 1 heterocycles. The van der Waals surface area contributed by atoms with E-state index in [1.165, 1.54) is 6.33 Å². The lowest BCUT2D eigenvalue weighted by Gasteiger charge is -2.09. The molecule has 1 aromatic heterocycles. The fraction of sp³-hybridized carbons (Fsp3) is 0.444. The minimum absolute atomic E-state index is 0.124. The van der Waals surface area contributed by atoms with Gasteiger partial charge in [-0.2, -0.15) is 0 Å². The van der Waals surface area contributed by atoms with Crippen molar-refractivity contribution in [1.29, 1.82) is 0 Å². The second-order valence-electron chi connectivity index (χ2n) is 3.13. The van der Waals surface area contributed by atoms with E-state index in [1.807, 2.05) is 6.92 Å². The molecule has 1 rings (SSSR count). The molecule has 1 aromatic rings. The molecule has 0 radical (unpaired) electrons. The van der Waals surface area contributed by atoms with Gasteiger partial charge in [0.2, 0.25) is 0 Å². The molecule has 0 amide bonds. The largest absolute Gasteiger partial charge is 0.481 e. The molecule has 0 aliphatic rings. The molecule has 0 bridgehead atoms. The van der Waals surface area contributed by atoms with E-state index in [0.717, 1.165) is 11.3 Å². The summed E-state index contributed by atoms with van der Waals surface area (Å²) in [5.41, 5.74) is 6.99. The van der Waals surface area contributed by atoms with Crippen LogP contribution < -0.4 is 5.73 Å². The van der Waals surface area contributed by atoms with Crippen molar-refractivity contribution in [3.8, 4) is 0 Å². The second kappa shape index (κ2) is 4.66. The molecule has 0 aliphatic heterocycles. The van der Waals surface area contributed by atoms with Crippen LogP contribution in [0.3, 0.4) is 0 Å². The van der Waals surface area contributed by atoms with Crippen LogP contribution in [-0.4, -0.2) is 27.6 Å². The van der Waals surface area contributed by atoms with Gasteiger partial charge in [-0.1, -0.05) is 0 Å². The van der Waals surface area contributed by atoms with Crippen LogP contribution in [-0.2, 0) is 11.2 Å². The van der Waals surface area contributed by atoms with Crippen LogP contribution in [0.25, 0.3) is 0 Å². The summed E-state index contributed by atoms with van der Waals surface area (Å²) in [5, 5.41) is 8.80. The molecule has 14 heavy (non-hydrogen) atoms. The third kappa shape index (κ3) is 2.50. The highest BCUT2D eigenvalue weighted by Gasteiger charge is 2.17. The van der Waals surface area contributed by atoms with Crippen molar-refractivity contribution in [2.75, 3.05) is 6.54 Å². The molecule has 1 atom stereocenters. The van der Waals surface area contributed by atoms with Crippen molar-refractivity contribution in [2.45, 2.75) is 13.3 Å². The van der Waals surface area contributed by atoms with Crippen molar-refractivity contribution >= 4 is 5.97 Å². The summed E-state index contributed by atoms with van der Waals surface area (Å²) in [5.74, 6) is -1.45. The normalized spacial score (nSPS) is 12.4. The Balaban J connectivity index is 2.77. The molecular formula is C9H13N3O2. The number of nitrogens with zero attached hydrogens (tertiary/aromatic N) is 2. The van der Waals surface area contributed by atoms with Crippen molar-refractivity contribution in [3.05, 3.63) is 23.8 Å². The maximum absolute atomic E-state index is 10.7. The molecule has 0 aromatic carbocycles. The van der Waals surface area contributed by atoms with Crippen LogP contribution in [0.15, 0.2) is 12.5 Å². The molecule has 3 N–H and O–H groups in total. The number of aryl methyl sites for hydroxylation is 1. The summed E-state index contributed by atoms with van der Waals surface area (Å²) in [6.45, 7) is 1.98. The highest BCUT2D eigenvalue weighted by molar-refractivity contribution is 5.70. The summed E-state index contributed by atoms with van der Waals surface area (Å²) < 4.78 is 0. The maximum Gasteiger partial charge on any atom is 0.308 e. The van der Waals surface area contributed by atoms with Gasteiger partial charge in [-0.3, -0.25) is 4.79 Å². The molecule has 0 aliphatic carbocycles. The average Bonchev–Trinajstić information content (AvgIpc) is 2.16. The number of hydrogen-bond donors (Lipinski definition) is 2. The molecule has 0 saturated carbocycles. The summed E-state index contributed by atoms with van der Waals surface area (Å²) in [6.07, 6.45) is 3.44. The van der Waals surface area contributed by atoms with E-state index in [0.29, 0.717) is 6.42 Å². The highest BCUT2D eigenvalue weighted by atomic mass is 16.4. The zero-order chi connectivity index (χ0) is 10.6. The Hall–Kier alpha value is -1.49. The molecule has 5 nitrogen and oxygen atoms in total. The van der Waals surface area contributed by atoms with Gasteiger partial charge < -0.3 is 10.8 Å². The van der Waals surface area contributed by atoms with E-state index in [-0.39, 0.29) is 6.54 Å². The van der Waals surface area contributed by atoms with E-state index < -0.39 is 11.9 Å². The third-order valence-electron chi connectivity index (χ3n) is 2.08. The lowest BCUT2D eigenvalue weighted by atomic mass is 10.0. The van der Waals surface area contributed by atoms with Gasteiger partial charge in [0.15, 0.2) is 0 Å². The predicted octanol–water partition coefficient (Wildman–Crippen LogP) is -0.0130. The SMILES string of the molecule is Cc1cncnc1CC(CN)C(=O)O. The fourth-order valence-electron chi connectivity index (χ4n) is 1.14. The van der Waals surface area contributed by atoms with E-state index in [4.69, 9.17) is 10.8 Å². The van der Waals surface area contributed by atoms with Gasteiger partial charge in [-0.25, -0.2) is 9.97 Å². The number of carbonyl (C=O) groups is 1. The van der Waals surface area contributed by atoms with Crippen LogP contribution in [0.4, 0.5) is 0 Å². The zero-order valence-electron chi connectivity index (χ0n) is 7.97. The molecular weight excluding hydrogens is 182 g/mol. The fourth-order valence-corrected chi connectivity index (χ4v) is 1.14. The number of carboxylic acids is 1.